The lowest BCUT2D eigenvalue weighted by molar-refractivity contribution is 0.647. The molecule has 0 aromatic heterocycles. The molecule has 0 aliphatic heterocycles. The van der Waals surface area contributed by atoms with Gasteiger partial charge in [0.2, 0.25) is 0 Å². The molecule has 55 valence electrons. The summed E-state index contributed by atoms with van der Waals surface area (Å²) >= 11 is 0. The summed E-state index contributed by atoms with van der Waals surface area (Å²) in [5, 5.41) is 0. The third-order valence-electron chi connectivity index (χ3n) is 1.79. The molecule has 0 fully saturated rings. The van der Waals surface area contributed by atoms with Crippen molar-refractivity contribution < 1.29 is 0 Å². The lowest BCUT2D eigenvalue weighted by atomic mass is 10.1. The molecular weight excluding hydrogens is 120 g/mol. The summed E-state index contributed by atoms with van der Waals surface area (Å²) in [5.74, 6) is 0. The first-order valence-electron chi connectivity index (χ1n) is 4.22. The predicted molar refractivity (Wildman–Crippen MR) is 44.7 cm³/mol. The standard InChI is InChI=1S/C10H15/c1-2-4-6-8-10-9-7-5-3-1/h1-3H,4,6-10H2/b2-1+,5-3?. The molecule has 0 atom stereocenters. The Labute approximate surface area is 63.6 Å². The van der Waals surface area contributed by atoms with Gasteiger partial charge in [-0.25, -0.2) is 0 Å². The van der Waals surface area contributed by atoms with Crippen molar-refractivity contribution in [1.29, 1.82) is 0 Å². The second-order valence-corrected chi connectivity index (χ2v) is 2.75. The quantitative estimate of drug-likeness (QED) is 0.478. The first-order valence-corrected chi connectivity index (χ1v) is 4.22. The van der Waals surface area contributed by atoms with Gasteiger partial charge in [-0.3, -0.25) is 0 Å². The summed E-state index contributed by atoms with van der Waals surface area (Å²) in [6.45, 7) is 0. The minimum Gasteiger partial charge on any atom is -0.0845 e. The van der Waals surface area contributed by atoms with E-state index in [1.54, 1.807) is 0 Å². The minimum absolute atomic E-state index is 1.14. The number of rotatable bonds is 0. The highest BCUT2D eigenvalue weighted by Gasteiger charge is 1.88. The molecule has 0 aromatic rings. The Morgan fingerprint density at radius 1 is 1.00 bits per heavy atom. The van der Waals surface area contributed by atoms with Gasteiger partial charge in [0.25, 0.3) is 0 Å². The Hall–Kier alpha value is -0.520. The molecule has 0 heteroatoms. The fraction of sp³-hybridized carbons (Fsp3) is 0.600. The van der Waals surface area contributed by atoms with E-state index in [2.05, 4.69) is 18.2 Å². The molecule has 1 radical (unpaired) electrons. The van der Waals surface area contributed by atoms with Crippen LogP contribution in [0.5, 0.6) is 0 Å². The van der Waals surface area contributed by atoms with Crippen LogP contribution in [0.25, 0.3) is 0 Å². The largest absolute Gasteiger partial charge is 0.0845 e. The molecule has 0 amide bonds. The number of hydrogen-bond acceptors (Lipinski definition) is 0. The molecule has 10 heavy (non-hydrogen) atoms. The number of hydrogen-bond donors (Lipinski definition) is 0. The molecule has 0 N–H and O–H groups in total. The van der Waals surface area contributed by atoms with Crippen LogP contribution in [0.2, 0.25) is 0 Å². The summed E-state index contributed by atoms with van der Waals surface area (Å²) < 4.78 is 0. The lowest BCUT2D eigenvalue weighted by Gasteiger charge is -1.97. The Morgan fingerprint density at radius 2 is 1.90 bits per heavy atom. The van der Waals surface area contributed by atoms with Crippen molar-refractivity contribution in [3.8, 4) is 0 Å². The van der Waals surface area contributed by atoms with Crippen molar-refractivity contribution >= 4 is 0 Å². The van der Waals surface area contributed by atoms with Gasteiger partial charge in [-0.15, -0.1) is 0 Å². The van der Waals surface area contributed by atoms with Crippen LogP contribution in [-0.2, 0) is 0 Å². The number of allylic oxidation sites excluding steroid dienone is 4. The van der Waals surface area contributed by atoms with Gasteiger partial charge in [0.05, 0.1) is 0 Å². The molecular formula is C10H15. The summed E-state index contributed by atoms with van der Waals surface area (Å²) in [4.78, 5) is 0. The van der Waals surface area contributed by atoms with Crippen molar-refractivity contribution in [2.45, 2.75) is 38.5 Å². The van der Waals surface area contributed by atoms with Crippen LogP contribution in [0.15, 0.2) is 18.2 Å². The summed E-state index contributed by atoms with van der Waals surface area (Å²) in [5.41, 5.74) is 0. The monoisotopic (exact) mass is 135 g/mol. The van der Waals surface area contributed by atoms with Gasteiger partial charge in [0, 0.05) is 0 Å². The topological polar surface area (TPSA) is 0 Å². The smallest absolute Gasteiger partial charge is 0.0276 e. The van der Waals surface area contributed by atoms with E-state index < -0.39 is 0 Å². The minimum atomic E-state index is 1.14. The fourth-order valence-corrected chi connectivity index (χ4v) is 1.16. The third-order valence-corrected chi connectivity index (χ3v) is 1.79. The first kappa shape index (κ1) is 7.59. The van der Waals surface area contributed by atoms with Crippen LogP contribution >= 0.6 is 0 Å². The van der Waals surface area contributed by atoms with Crippen molar-refractivity contribution in [2.75, 3.05) is 0 Å². The maximum Gasteiger partial charge on any atom is -0.0276 e. The van der Waals surface area contributed by atoms with E-state index in [-0.39, 0.29) is 0 Å². The molecule has 0 nitrogen and oxygen atoms in total. The van der Waals surface area contributed by atoms with Crippen molar-refractivity contribution in [1.82, 2.24) is 0 Å². The average molecular weight is 135 g/mol. The third kappa shape index (κ3) is 3.49. The van der Waals surface area contributed by atoms with E-state index in [1.165, 1.54) is 32.1 Å². The highest BCUT2D eigenvalue weighted by molar-refractivity contribution is 4.99. The molecule has 0 unspecified atom stereocenters. The maximum absolute atomic E-state index is 3.24. The van der Waals surface area contributed by atoms with Crippen molar-refractivity contribution in [2.24, 2.45) is 0 Å². The summed E-state index contributed by atoms with van der Waals surface area (Å²) in [7, 11) is 0. The normalized spacial score (nSPS) is 27.2. The molecule has 0 aromatic carbocycles. The SMILES string of the molecule is [C]1=C\C=C\CCCCCC/1. The second-order valence-electron chi connectivity index (χ2n) is 2.75. The van der Waals surface area contributed by atoms with E-state index in [9.17, 15) is 0 Å². The zero-order valence-electron chi connectivity index (χ0n) is 6.47. The van der Waals surface area contributed by atoms with E-state index in [4.69, 9.17) is 0 Å². The van der Waals surface area contributed by atoms with Crippen LogP contribution in [0.3, 0.4) is 0 Å². The predicted octanol–water partition coefficient (Wildman–Crippen LogP) is 3.26. The van der Waals surface area contributed by atoms with Crippen LogP contribution in [0.4, 0.5) is 0 Å². The van der Waals surface area contributed by atoms with Crippen molar-refractivity contribution in [3.05, 3.63) is 24.3 Å². The van der Waals surface area contributed by atoms with Gasteiger partial charge in [0.15, 0.2) is 0 Å². The van der Waals surface area contributed by atoms with Crippen molar-refractivity contribution in [3.63, 3.8) is 0 Å². The lowest BCUT2D eigenvalue weighted by Crippen LogP contribution is -1.78. The Balaban J connectivity index is 2.26. The molecule has 0 saturated carbocycles. The van der Waals surface area contributed by atoms with E-state index in [1.807, 2.05) is 6.08 Å². The zero-order chi connectivity index (χ0) is 7.07. The molecule has 0 saturated heterocycles. The van der Waals surface area contributed by atoms with Gasteiger partial charge in [-0.1, -0.05) is 31.1 Å². The fourth-order valence-electron chi connectivity index (χ4n) is 1.16. The van der Waals surface area contributed by atoms with Crippen LogP contribution < -0.4 is 0 Å². The van der Waals surface area contributed by atoms with Gasteiger partial charge in [-0.05, 0) is 31.8 Å². The Morgan fingerprint density at radius 3 is 2.90 bits per heavy atom. The van der Waals surface area contributed by atoms with Crippen LogP contribution in [0.1, 0.15) is 38.5 Å². The van der Waals surface area contributed by atoms with Gasteiger partial charge >= 0.3 is 0 Å². The molecule has 0 heterocycles. The van der Waals surface area contributed by atoms with Crippen LogP contribution in [-0.4, -0.2) is 0 Å². The van der Waals surface area contributed by atoms with E-state index in [0.717, 1.165) is 6.42 Å². The second kappa shape index (κ2) is 5.28. The summed E-state index contributed by atoms with van der Waals surface area (Å²) in [6, 6.07) is 0. The molecule has 0 bridgehead atoms. The zero-order valence-corrected chi connectivity index (χ0v) is 6.47. The van der Waals surface area contributed by atoms with Gasteiger partial charge in [-0.2, -0.15) is 0 Å². The Kier molecular flexibility index (Phi) is 4.00. The van der Waals surface area contributed by atoms with Gasteiger partial charge < -0.3 is 0 Å². The average Bonchev–Trinajstić information content (AvgIpc) is 2.01. The molecule has 1 aliphatic rings. The molecule has 1 rings (SSSR count). The first-order chi connectivity index (χ1) is 5.00. The van der Waals surface area contributed by atoms with Crippen LogP contribution in [0, 0.1) is 6.08 Å². The van der Waals surface area contributed by atoms with E-state index in [0.29, 0.717) is 0 Å². The highest BCUT2D eigenvalue weighted by Crippen LogP contribution is 2.07. The highest BCUT2D eigenvalue weighted by atomic mass is 13.9. The van der Waals surface area contributed by atoms with E-state index >= 15 is 0 Å². The summed E-state index contributed by atoms with van der Waals surface area (Å²) in [6.07, 6.45) is 17.5. The maximum atomic E-state index is 3.24. The van der Waals surface area contributed by atoms with Gasteiger partial charge in [0.1, 0.15) is 0 Å². The Bertz CT molecular complexity index is 104. The molecule has 0 spiro atoms. The molecule has 1 aliphatic carbocycles.